The molecule has 1 aromatic carbocycles. The van der Waals surface area contributed by atoms with Crippen molar-refractivity contribution in [1.82, 2.24) is 10.4 Å². The summed E-state index contributed by atoms with van der Waals surface area (Å²) in [7, 11) is 0. The molecule has 5 heteroatoms. The maximum absolute atomic E-state index is 13.1. The second-order valence-electron chi connectivity index (χ2n) is 7.57. The van der Waals surface area contributed by atoms with E-state index < -0.39 is 5.91 Å². The molecule has 4 rings (SSSR count). The number of amides is 2. The monoisotopic (exact) mass is 328 g/mol. The predicted molar refractivity (Wildman–Crippen MR) is 88.7 cm³/mol. The second kappa shape index (κ2) is 5.88. The standard InChI is InChI=1S/C19H24N2O3/c22-17(20-24)14-5-6-15-12-19(8-7-13(15)11-14)9-10-21(18(19)23)16-3-1-2-4-16/h5-6,11,16,24H,1-4,7-10,12H2,(H,20,22)/t19-/m0/s1. The van der Waals surface area contributed by atoms with Gasteiger partial charge in [0.2, 0.25) is 5.91 Å². The lowest BCUT2D eigenvalue weighted by atomic mass is 9.70. The maximum Gasteiger partial charge on any atom is 0.274 e. The highest BCUT2D eigenvalue weighted by Gasteiger charge is 2.49. The van der Waals surface area contributed by atoms with Crippen LogP contribution in [0.15, 0.2) is 18.2 Å². The van der Waals surface area contributed by atoms with E-state index in [4.69, 9.17) is 5.21 Å². The minimum absolute atomic E-state index is 0.226. The van der Waals surface area contributed by atoms with Crippen LogP contribution in [-0.4, -0.2) is 34.5 Å². The van der Waals surface area contributed by atoms with Crippen LogP contribution < -0.4 is 5.48 Å². The average Bonchev–Trinajstić information content (AvgIpc) is 3.23. The SMILES string of the molecule is O=C(NO)c1ccc2c(c1)CC[C@]1(CCN(C3CCCC3)C1=O)C2. The van der Waals surface area contributed by atoms with Crippen LogP contribution in [0.5, 0.6) is 0 Å². The van der Waals surface area contributed by atoms with E-state index in [1.807, 2.05) is 12.1 Å². The van der Waals surface area contributed by atoms with E-state index in [9.17, 15) is 9.59 Å². The second-order valence-corrected chi connectivity index (χ2v) is 7.57. The smallest absolute Gasteiger partial charge is 0.274 e. The van der Waals surface area contributed by atoms with Crippen LogP contribution in [0.1, 0.15) is 60.0 Å². The van der Waals surface area contributed by atoms with Crippen LogP contribution >= 0.6 is 0 Å². The number of nitrogens with zero attached hydrogens (tertiary/aromatic N) is 1. The van der Waals surface area contributed by atoms with Crippen molar-refractivity contribution < 1.29 is 14.8 Å². The summed E-state index contributed by atoms with van der Waals surface area (Å²) in [6.45, 7) is 0.907. The third-order valence-electron chi connectivity index (χ3n) is 6.28. The predicted octanol–water partition coefficient (Wildman–Crippen LogP) is 2.46. The van der Waals surface area contributed by atoms with Crippen LogP contribution in [-0.2, 0) is 17.6 Å². The van der Waals surface area contributed by atoms with Gasteiger partial charge in [-0.15, -0.1) is 0 Å². The molecule has 2 fully saturated rings. The summed E-state index contributed by atoms with van der Waals surface area (Å²) < 4.78 is 0. The van der Waals surface area contributed by atoms with Gasteiger partial charge in [-0.2, -0.15) is 0 Å². The number of nitrogens with one attached hydrogen (secondary N) is 1. The highest BCUT2D eigenvalue weighted by Crippen LogP contribution is 2.45. The number of carbonyl (C=O) groups is 2. The third kappa shape index (κ3) is 2.42. The average molecular weight is 328 g/mol. The van der Waals surface area contributed by atoms with Crippen molar-refractivity contribution in [2.24, 2.45) is 5.41 Å². The molecule has 1 saturated carbocycles. The molecule has 0 bridgehead atoms. The summed E-state index contributed by atoms with van der Waals surface area (Å²) in [5.41, 5.74) is 4.24. The Labute approximate surface area is 142 Å². The first-order valence-corrected chi connectivity index (χ1v) is 9.00. The van der Waals surface area contributed by atoms with Crippen molar-refractivity contribution in [3.8, 4) is 0 Å². The van der Waals surface area contributed by atoms with E-state index in [1.165, 1.54) is 18.4 Å². The fraction of sp³-hybridized carbons (Fsp3) is 0.579. The Morgan fingerprint density at radius 3 is 2.75 bits per heavy atom. The molecule has 1 aromatic rings. The molecule has 1 saturated heterocycles. The number of hydrogen-bond acceptors (Lipinski definition) is 3. The van der Waals surface area contributed by atoms with E-state index in [2.05, 4.69) is 4.90 Å². The van der Waals surface area contributed by atoms with Crippen molar-refractivity contribution in [3.63, 3.8) is 0 Å². The van der Waals surface area contributed by atoms with Gasteiger partial charge in [-0.25, -0.2) is 5.48 Å². The molecule has 128 valence electrons. The summed E-state index contributed by atoms with van der Waals surface area (Å²) in [5, 5.41) is 8.78. The van der Waals surface area contributed by atoms with E-state index in [0.717, 1.165) is 50.6 Å². The summed E-state index contributed by atoms with van der Waals surface area (Å²) in [6.07, 6.45) is 8.26. The molecular weight excluding hydrogens is 304 g/mol. The minimum Gasteiger partial charge on any atom is -0.339 e. The Balaban J connectivity index is 1.55. The highest BCUT2D eigenvalue weighted by molar-refractivity contribution is 5.93. The van der Waals surface area contributed by atoms with E-state index >= 15 is 0 Å². The Kier molecular flexibility index (Phi) is 3.83. The van der Waals surface area contributed by atoms with E-state index in [0.29, 0.717) is 17.5 Å². The van der Waals surface area contributed by atoms with Crippen LogP contribution in [0.4, 0.5) is 0 Å². The van der Waals surface area contributed by atoms with Crippen molar-refractivity contribution in [1.29, 1.82) is 0 Å². The third-order valence-corrected chi connectivity index (χ3v) is 6.28. The Morgan fingerprint density at radius 2 is 2.00 bits per heavy atom. The molecule has 0 aromatic heterocycles. The zero-order chi connectivity index (χ0) is 16.7. The van der Waals surface area contributed by atoms with Crippen LogP contribution in [0.25, 0.3) is 0 Å². The fourth-order valence-corrected chi connectivity index (χ4v) is 4.87. The zero-order valence-electron chi connectivity index (χ0n) is 13.9. The molecule has 2 N–H and O–H groups in total. The molecule has 24 heavy (non-hydrogen) atoms. The normalized spacial score (nSPS) is 26.9. The number of aryl methyl sites for hydroxylation is 1. The molecule has 0 radical (unpaired) electrons. The van der Waals surface area contributed by atoms with Crippen molar-refractivity contribution >= 4 is 11.8 Å². The van der Waals surface area contributed by atoms with Gasteiger partial charge in [-0.1, -0.05) is 18.9 Å². The number of likely N-dealkylation sites (tertiary alicyclic amines) is 1. The zero-order valence-corrected chi connectivity index (χ0v) is 13.9. The van der Waals surface area contributed by atoms with Gasteiger partial charge in [0.1, 0.15) is 0 Å². The molecular formula is C19H24N2O3. The molecule has 1 atom stereocenters. The molecule has 2 amide bonds. The van der Waals surface area contributed by atoms with Gasteiger partial charge in [0.15, 0.2) is 0 Å². The van der Waals surface area contributed by atoms with E-state index in [-0.39, 0.29) is 5.41 Å². The molecule has 3 aliphatic rings. The molecule has 1 aliphatic heterocycles. The Bertz CT molecular complexity index is 681. The van der Waals surface area contributed by atoms with Gasteiger partial charge >= 0.3 is 0 Å². The van der Waals surface area contributed by atoms with Crippen molar-refractivity contribution in [2.75, 3.05) is 6.54 Å². The molecule has 1 heterocycles. The first kappa shape index (κ1) is 15.6. The number of benzene rings is 1. The number of fused-ring (bicyclic) bond motifs is 1. The highest BCUT2D eigenvalue weighted by atomic mass is 16.5. The first-order chi connectivity index (χ1) is 11.6. The van der Waals surface area contributed by atoms with Gasteiger partial charge in [0.05, 0.1) is 5.41 Å². The van der Waals surface area contributed by atoms with Crippen LogP contribution in [0.2, 0.25) is 0 Å². The van der Waals surface area contributed by atoms with Crippen LogP contribution in [0.3, 0.4) is 0 Å². The van der Waals surface area contributed by atoms with Crippen LogP contribution in [0, 0.1) is 5.41 Å². The minimum atomic E-state index is -0.484. The molecule has 5 nitrogen and oxygen atoms in total. The summed E-state index contributed by atoms with van der Waals surface area (Å²) in [5.74, 6) is -0.125. The van der Waals surface area contributed by atoms with Crippen molar-refractivity contribution in [2.45, 2.75) is 57.4 Å². The van der Waals surface area contributed by atoms with Crippen molar-refractivity contribution in [3.05, 3.63) is 34.9 Å². The quantitative estimate of drug-likeness (QED) is 0.647. The van der Waals surface area contributed by atoms with Gasteiger partial charge < -0.3 is 4.90 Å². The largest absolute Gasteiger partial charge is 0.339 e. The number of hydrogen-bond donors (Lipinski definition) is 2. The molecule has 0 unspecified atom stereocenters. The topological polar surface area (TPSA) is 69.6 Å². The maximum atomic E-state index is 13.1. The lowest BCUT2D eigenvalue weighted by Crippen LogP contribution is -2.42. The van der Waals surface area contributed by atoms with Gasteiger partial charge in [0.25, 0.3) is 5.91 Å². The van der Waals surface area contributed by atoms with Gasteiger partial charge in [-0.05, 0) is 61.8 Å². The number of rotatable bonds is 2. The Morgan fingerprint density at radius 1 is 1.21 bits per heavy atom. The van der Waals surface area contributed by atoms with Gasteiger partial charge in [0, 0.05) is 18.2 Å². The molecule has 1 spiro atoms. The summed E-state index contributed by atoms with van der Waals surface area (Å²) >= 11 is 0. The summed E-state index contributed by atoms with van der Waals surface area (Å²) in [6, 6.07) is 6.00. The lowest BCUT2D eigenvalue weighted by Gasteiger charge is -2.34. The molecule has 2 aliphatic carbocycles. The fourth-order valence-electron chi connectivity index (χ4n) is 4.87. The lowest BCUT2D eigenvalue weighted by molar-refractivity contribution is -0.138. The Hall–Kier alpha value is -1.88. The number of carbonyl (C=O) groups excluding carboxylic acids is 2. The van der Waals surface area contributed by atoms with E-state index in [1.54, 1.807) is 11.5 Å². The first-order valence-electron chi connectivity index (χ1n) is 9.00. The summed E-state index contributed by atoms with van der Waals surface area (Å²) in [4.78, 5) is 26.9. The van der Waals surface area contributed by atoms with Gasteiger partial charge in [-0.3, -0.25) is 14.8 Å². The number of hydroxylamine groups is 1.